The van der Waals surface area contributed by atoms with Crippen molar-refractivity contribution in [1.29, 1.82) is 0 Å². The molecule has 1 amide bonds. The number of nitrogens with one attached hydrogen (secondary N) is 1. The second kappa shape index (κ2) is 8.85. The van der Waals surface area contributed by atoms with E-state index in [1.54, 1.807) is 7.11 Å². The number of hydrogen-bond acceptors (Lipinski definition) is 3. The fourth-order valence-corrected chi connectivity index (χ4v) is 3.23. The van der Waals surface area contributed by atoms with E-state index in [1.807, 2.05) is 31.6 Å². The first-order valence-electron chi connectivity index (χ1n) is 9.54. The predicted octanol–water partition coefficient (Wildman–Crippen LogP) is 4.31. The van der Waals surface area contributed by atoms with Crippen molar-refractivity contribution >= 4 is 5.91 Å². The van der Waals surface area contributed by atoms with Gasteiger partial charge in [-0.15, -0.1) is 0 Å². The van der Waals surface area contributed by atoms with Crippen molar-refractivity contribution in [2.24, 2.45) is 0 Å². The minimum Gasteiger partial charge on any atom is -0.383 e. The molecule has 0 aliphatic rings. The summed E-state index contributed by atoms with van der Waals surface area (Å²) in [6, 6.07) is 14.2. The molecule has 0 saturated carbocycles. The molecule has 1 heterocycles. The predicted molar refractivity (Wildman–Crippen MR) is 112 cm³/mol. The van der Waals surface area contributed by atoms with Crippen molar-refractivity contribution in [3.05, 3.63) is 66.1 Å². The van der Waals surface area contributed by atoms with Crippen LogP contribution < -0.4 is 5.32 Å². The fraction of sp³-hybridized carbons (Fsp3) is 0.304. The fourth-order valence-electron chi connectivity index (χ4n) is 3.23. The van der Waals surface area contributed by atoms with E-state index in [1.165, 1.54) is 5.56 Å². The molecule has 0 unspecified atom stereocenters. The molecule has 0 fully saturated rings. The molecule has 3 aromatic rings. The lowest BCUT2D eigenvalue weighted by Gasteiger charge is -2.15. The Hall–Kier alpha value is -2.92. The summed E-state index contributed by atoms with van der Waals surface area (Å²) >= 11 is 0. The van der Waals surface area contributed by atoms with Gasteiger partial charge in [-0.3, -0.25) is 4.79 Å². The van der Waals surface area contributed by atoms with Crippen LogP contribution in [0.4, 0.5) is 0 Å². The number of aryl methyl sites for hydroxylation is 2. The topological polar surface area (TPSA) is 56.2 Å². The SMILES string of the molecule is CCn1cncc1-c1cc(C(=O)N[C@H](C)COC)cc(-c2ccc(C)cc2)c1. The molecule has 5 heteroatoms. The van der Waals surface area contributed by atoms with Crippen molar-refractivity contribution in [3.8, 4) is 22.4 Å². The van der Waals surface area contributed by atoms with Gasteiger partial charge in [0.1, 0.15) is 0 Å². The highest BCUT2D eigenvalue weighted by Gasteiger charge is 2.15. The molecule has 3 rings (SSSR count). The van der Waals surface area contributed by atoms with Crippen LogP contribution in [-0.2, 0) is 11.3 Å². The van der Waals surface area contributed by atoms with Gasteiger partial charge in [-0.25, -0.2) is 4.98 Å². The van der Waals surface area contributed by atoms with Crippen LogP contribution in [-0.4, -0.2) is 35.2 Å². The van der Waals surface area contributed by atoms with E-state index >= 15 is 0 Å². The van der Waals surface area contributed by atoms with Gasteiger partial charge in [-0.1, -0.05) is 29.8 Å². The van der Waals surface area contributed by atoms with E-state index in [9.17, 15) is 4.79 Å². The lowest BCUT2D eigenvalue weighted by molar-refractivity contribution is 0.0905. The molecule has 1 N–H and O–H groups in total. The number of benzene rings is 2. The van der Waals surface area contributed by atoms with Crippen LogP contribution >= 0.6 is 0 Å². The molecule has 5 nitrogen and oxygen atoms in total. The van der Waals surface area contributed by atoms with Crippen LogP contribution in [0.1, 0.15) is 29.8 Å². The molecule has 0 saturated heterocycles. The van der Waals surface area contributed by atoms with Gasteiger partial charge in [-0.2, -0.15) is 0 Å². The summed E-state index contributed by atoms with van der Waals surface area (Å²) in [6.07, 6.45) is 3.65. The van der Waals surface area contributed by atoms with Gasteiger partial charge < -0.3 is 14.6 Å². The maximum absolute atomic E-state index is 12.9. The Morgan fingerprint density at radius 2 is 1.86 bits per heavy atom. The molecule has 1 aromatic heterocycles. The highest BCUT2D eigenvalue weighted by atomic mass is 16.5. The Labute approximate surface area is 166 Å². The second-order valence-corrected chi connectivity index (χ2v) is 7.06. The molecular formula is C23H27N3O2. The minimum atomic E-state index is -0.109. The van der Waals surface area contributed by atoms with E-state index < -0.39 is 0 Å². The molecule has 28 heavy (non-hydrogen) atoms. The molecular weight excluding hydrogens is 350 g/mol. The molecule has 2 aromatic carbocycles. The third kappa shape index (κ3) is 4.49. The first-order chi connectivity index (χ1) is 13.5. The number of methoxy groups -OCH3 is 1. The van der Waals surface area contributed by atoms with Gasteiger partial charge in [0.25, 0.3) is 5.91 Å². The van der Waals surface area contributed by atoms with Gasteiger partial charge in [0.15, 0.2) is 0 Å². The maximum Gasteiger partial charge on any atom is 0.251 e. The summed E-state index contributed by atoms with van der Waals surface area (Å²) in [5.74, 6) is -0.109. The van der Waals surface area contributed by atoms with E-state index in [0.717, 1.165) is 28.9 Å². The van der Waals surface area contributed by atoms with Crippen LogP contribution in [0.3, 0.4) is 0 Å². The summed E-state index contributed by atoms with van der Waals surface area (Å²) in [7, 11) is 1.63. The van der Waals surface area contributed by atoms with E-state index in [0.29, 0.717) is 12.2 Å². The van der Waals surface area contributed by atoms with E-state index in [2.05, 4.69) is 59.0 Å². The Bertz CT molecular complexity index is 945. The number of ether oxygens (including phenoxy) is 1. The molecule has 146 valence electrons. The Morgan fingerprint density at radius 1 is 1.14 bits per heavy atom. The Balaban J connectivity index is 2.06. The Kier molecular flexibility index (Phi) is 6.26. The standard InChI is InChI=1S/C23H27N3O2/c1-5-26-15-24-13-22(26)20-10-19(18-8-6-16(2)7-9-18)11-21(12-20)23(27)25-17(3)14-28-4/h6-13,15,17H,5,14H2,1-4H3,(H,25,27)/t17-/m1/s1. The third-order valence-electron chi connectivity index (χ3n) is 4.72. The number of rotatable bonds is 7. The van der Waals surface area contributed by atoms with Gasteiger partial charge in [0, 0.05) is 30.8 Å². The highest BCUT2D eigenvalue weighted by Crippen LogP contribution is 2.29. The smallest absolute Gasteiger partial charge is 0.251 e. The largest absolute Gasteiger partial charge is 0.383 e. The van der Waals surface area contributed by atoms with Crippen LogP contribution in [0.2, 0.25) is 0 Å². The van der Waals surface area contributed by atoms with Crippen molar-refractivity contribution in [1.82, 2.24) is 14.9 Å². The lowest BCUT2D eigenvalue weighted by atomic mass is 9.97. The molecule has 0 bridgehead atoms. The zero-order valence-corrected chi connectivity index (χ0v) is 16.9. The number of nitrogens with zero attached hydrogens (tertiary/aromatic N) is 2. The quantitative estimate of drug-likeness (QED) is 0.667. The normalized spacial score (nSPS) is 12.0. The molecule has 0 radical (unpaired) electrons. The van der Waals surface area contributed by atoms with Gasteiger partial charge >= 0.3 is 0 Å². The summed E-state index contributed by atoms with van der Waals surface area (Å²) in [4.78, 5) is 17.1. The van der Waals surface area contributed by atoms with Crippen molar-refractivity contribution in [2.45, 2.75) is 33.4 Å². The minimum absolute atomic E-state index is 0.0647. The van der Waals surface area contributed by atoms with Crippen molar-refractivity contribution in [2.75, 3.05) is 13.7 Å². The van der Waals surface area contributed by atoms with Crippen molar-refractivity contribution < 1.29 is 9.53 Å². The third-order valence-corrected chi connectivity index (χ3v) is 4.72. The summed E-state index contributed by atoms with van der Waals surface area (Å²) in [6.45, 7) is 7.36. The van der Waals surface area contributed by atoms with Gasteiger partial charge in [-0.05, 0) is 50.1 Å². The van der Waals surface area contributed by atoms with Crippen molar-refractivity contribution in [3.63, 3.8) is 0 Å². The summed E-state index contributed by atoms with van der Waals surface area (Å²) in [5.41, 5.74) is 5.88. The molecule has 0 aliphatic heterocycles. The number of hydrogen-bond donors (Lipinski definition) is 1. The van der Waals surface area contributed by atoms with E-state index in [-0.39, 0.29) is 11.9 Å². The van der Waals surface area contributed by atoms with Crippen LogP contribution in [0, 0.1) is 6.92 Å². The number of carbonyl (C=O) groups is 1. The lowest BCUT2D eigenvalue weighted by Crippen LogP contribution is -2.35. The summed E-state index contributed by atoms with van der Waals surface area (Å²) in [5, 5.41) is 3.00. The van der Waals surface area contributed by atoms with Crippen LogP contribution in [0.5, 0.6) is 0 Å². The average molecular weight is 377 g/mol. The first-order valence-corrected chi connectivity index (χ1v) is 9.54. The number of amides is 1. The van der Waals surface area contributed by atoms with Crippen LogP contribution in [0.25, 0.3) is 22.4 Å². The molecule has 1 atom stereocenters. The number of imidazole rings is 1. The van der Waals surface area contributed by atoms with Gasteiger partial charge in [0.2, 0.25) is 0 Å². The maximum atomic E-state index is 12.9. The highest BCUT2D eigenvalue weighted by molar-refractivity contribution is 5.97. The Morgan fingerprint density at radius 3 is 2.54 bits per heavy atom. The van der Waals surface area contributed by atoms with E-state index in [4.69, 9.17) is 4.74 Å². The first kappa shape index (κ1) is 19.8. The second-order valence-electron chi connectivity index (χ2n) is 7.06. The zero-order valence-electron chi connectivity index (χ0n) is 16.9. The number of aromatic nitrogens is 2. The monoisotopic (exact) mass is 377 g/mol. The average Bonchev–Trinajstić information content (AvgIpc) is 3.17. The van der Waals surface area contributed by atoms with Crippen LogP contribution in [0.15, 0.2) is 55.0 Å². The van der Waals surface area contributed by atoms with Gasteiger partial charge in [0.05, 0.1) is 24.8 Å². The molecule has 0 aliphatic carbocycles. The molecule has 0 spiro atoms. The number of carbonyl (C=O) groups excluding carboxylic acids is 1. The zero-order chi connectivity index (χ0) is 20.1. The summed E-state index contributed by atoms with van der Waals surface area (Å²) < 4.78 is 7.20.